The fraction of sp³-hybridized carbons (Fsp3) is 0.938. The van der Waals surface area contributed by atoms with Crippen LogP contribution >= 0.6 is 0 Å². The summed E-state index contributed by atoms with van der Waals surface area (Å²) >= 11 is 0. The minimum absolute atomic E-state index is 0.190. The van der Waals surface area contributed by atoms with E-state index in [1.165, 1.54) is 0 Å². The van der Waals surface area contributed by atoms with Gasteiger partial charge in [-0.15, -0.1) is 0 Å². The Labute approximate surface area is 139 Å². The average Bonchev–Trinajstić information content (AvgIpc) is 3.05. The van der Waals surface area contributed by atoms with Gasteiger partial charge in [-0.05, 0) is 26.8 Å². The highest BCUT2D eigenvalue weighted by Gasteiger charge is 2.17. The summed E-state index contributed by atoms with van der Waals surface area (Å²) < 4.78 is 16.8. The summed E-state index contributed by atoms with van der Waals surface area (Å²) in [6.45, 7) is 9.55. The monoisotopic (exact) mass is 328 g/mol. The van der Waals surface area contributed by atoms with E-state index in [1.54, 1.807) is 0 Å². The topological polar surface area (TPSA) is 67.4 Å². The quantitative estimate of drug-likeness (QED) is 0.373. The molecule has 2 heterocycles. The van der Waals surface area contributed by atoms with Crippen molar-refractivity contribution in [1.29, 1.82) is 0 Å². The molecule has 2 saturated heterocycles. The maximum atomic E-state index is 5.76. The summed E-state index contributed by atoms with van der Waals surface area (Å²) in [5.74, 6) is 0.855. The number of aliphatic imine (C=N–C) groups is 1. The number of hydrogen-bond acceptors (Lipinski definition) is 5. The van der Waals surface area contributed by atoms with Gasteiger partial charge in [-0.2, -0.15) is 0 Å². The van der Waals surface area contributed by atoms with Gasteiger partial charge >= 0.3 is 0 Å². The number of hydrogen-bond donors (Lipinski definition) is 2. The number of nitrogens with one attached hydrogen (secondary N) is 2. The number of likely N-dealkylation sites (N-methyl/N-ethyl adjacent to an activating group) is 1. The van der Waals surface area contributed by atoms with Crippen molar-refractivity contribution in [3.63, 3.8) is 0 Å². The Balaban J connectivity index is 1.60. The van der Waals surface area contributed by atoms with Gasteiger partial charge in [0.2, 0.25) is 0 Å². The molecule has 2 unspecified atom stereocenters. The van der Waals surface area contributed by atoms with Crippen LogP contribution in [0.25, 0.3) is 0 Å². The molecule has 0 saturated carbocycles. The standard InChI is InChI=1S/C16H32N4O3/c1-3-17-16(19-11-15-12-20(2)7-10-23-15)18-6-4-8-22-14-5-9-21-13-14/h14-15H,3-13H2,1-2H3,(H2,17,18,19). The van der Waals surface area contributed by atoms with Crippen LogP contribution in [0.1, 0.15) is 19.8 Å². The Morgan fingerprint density at radius 2 is 2.26 bits per heavy atom. The maximum absolute atomic E-state index is 5.76. The molecule has 7 heteroatoms. The second kappa shape index (κ2) is 10.8. The third-order valence-electron chi connectivity index (χ3n) is 3.99. The van der Waals surface area contributed by atoms with Crippen molar-refractivity contribution in [3.05, 3.63) is 0 Å². The van der Waals surface area contributed by atoms with Crippen LogP contribution < -0.4 is 10.6 Å². The second-order valence-corrected chi connectivity index (χ2v) is 6.11. The molecule has 0 aromatic carbocycles. The first-order valence-corrected chi connectivity index (χ1v) is 8.79. The van der Waals surface area contributed by atoms with Gasteiger partial charge < -0.3 is 29.7 Å². The Morgan fingerprint density at radius 1 is 1.35 bits per heavy atom. The zero-order valence-electron chi connectivity index (χ0n) is 14.6. The summed E-state index contributed by atoms with van der Waals surface area (Å²) in [5, 5.41) is 6.63. The van der Waals surface area contributed by atoms with E-state index in [0.29, 0.717) is 6.54 Å². The lowest BCUT2D eigenvalue weighted by Gasteiger charge is -2.29. The van der Waals surface area contributed by atoms with Crippen LogP contribution in [0.5, 0.6) is 0 Å². The lowest BCUT2D eigenvalue weighted by atomic mass is 10.3. The number of nitrogens with zero attached hydrogens (tertiary/aromatic N) is 2. The predicted molar refractivity (Wildman–Crippen MR) is 91.0 cm³/mol. The molecule has 0 radical (unpaired) electrons. The molecule has 0 bridgehead atoms. The third kappa shape index (κ3) is 7.48. The summed E-state index contributed by atoms with van der Waals surface area (Å²) in [4.78, 5) is 6.91. The molecule has 2 aliphatic heterocycles. The molecule has 0 aromatic rings. The number of ether oxygens (including phenoxy) is 3. The lowest BCUT2D eigenvalue weighted by molar-refractivity contribution is -0.0136. The van der Waals surface area contributed by atoms with Crippen LogP contribution in [-0.4, -0.2) is 89.3 Å². The van der Waals surface area contributed by atoms with Gasteiger partial charge in [-0.1, -0.05) is 0 Å². The van der Waals surface area contributed by atoms with E-state index in [0.717, 1.165) is 71.4 Å². The van der Waals surface area contributed by atoms with Crippen LogP contribution in [0.4, 0.5) is 0 Å². The SMILES string of the molecule is CCNC(=NCC1CN(C)CCO1)NCCCOC1CCOC1. The first kappa shape index (κ1) is 18.4. The molecule has 134 valence electrons. The summed E-state index contributed by atoms with van der Waals surface area (Å²) in [6, 6.07) is 0. The second-order valence-electron chi connectivity index (χ2n) is 6.11. The molecule has 0 spiro atoms. The molecule has 2 N–H and O–H groups in total. The van der Waals surface area contributed by atoms with Crippen molar-refractivity contribution in [3.8, 4) is 0 Å². The highest BCUT2D eigenvalue weighted by atomic mass is 16.5. The molecular formula is C16H32N4O3. The van der Waals surface area contributed by atoms with Gasteiger partial charge in [0.05, 0.1) is 32.0 Å². The Morgan fingerprint density at radius 3 is 3.00 bits per heavy atom. The molecule has 7 nitrogen and oxygen atoms in total. The average molecular weight is 328 g/mol. The van der Waals surface area contributed by atoms with Crippen molar-refractivity contribution in [2.75, 3.05) is 66.2 Å². The predicted octanol–water partition coefficient (Wildman–Crippen LogP) is 0.0677. The maximum Gasteiger partial charge on any atom is 0.191 e. The Kier molecular flexibility index (Phi) is 8.67. The van der Waals surface area contributed by atoms with Crippen LogP contribution in [0.2, 0.25) is 0 Å². The smallest absolute Gasteiger partial charge is 0.191 e. The molecule has 0 aromatic heterocycles. The van der Waals surface area contributed by atoms with Crippen molar-refractivity contribution in [2.24, 2.45) is 4.99 Å². The molecule has 2 atom stereocenters. The van der Waals surface area contributed by atoms with Crippen molar-refractivity contribution >= 4 is 5.96 Å². The number of rotatable bonds is 8. The van der Waals surface area contributed by atoms with Crippen molar-refractivity contribution in [1.82, 2.24) is 15.5 Å². The zero-order valence-corrected chi connectivity index (χ0v) is 14.6. The van der Waals surface area contributed by atoms with Gasteiger partial charge in [0.15, 0.2) is 5.96 Å². The van der Waals surface area contributed by atoms with Crippen LogP contribution in [0, 0.1) is 0 Å². The van der Waals surface area contributed by atoms with E-state index in [1.807, 2.05) is 0 Å². The van der Waals surface area contributed by atoms with E-state index in [2.05, 4.69) is 34.5 Å². The highest BCUT2D eigenvalue weighted by molar-refractivity contribution is 5.79. The molecular weight excluding hydrogens is 296 g/mol. The minimum atomic E-state index is 0.190. The van der Waals surface area contributed by atoms with Crippen molar-refractivity contribution in [2.45, 2.75) is 32.0 Å². The van der Waals surface area contributed by atoms with Crippen molar-refractivity contribution < 1.29 is 14.2 Å². The van der Waals surface area contributed by atoms with Crippen LogP contribution in [0.3, 0.4) is 0 Å². The van der Waals surface area contributed by atoms with E-state index in [9.17, 15) is 0 Å². The molecule has 2 aliphatic rings. The molecule has 23 heavy (non-hydrogen) atoms. The first-order chi connectivity index (χ1) is 11.3. The summed E-state index contributed by atoms with van der Waals surface area (Å²) in [5.41, 5.74) is 0. The van der Waals surface area contributed by atoms with Gasteiger partial charge in [-0.3, -0.25) is 4.99 Å². The van der Waals surface area contributed by atoms with E-state index in [-0.39, 0.29) is 12.2 Å². The fourth-order valence-electron chi connectivity index (χ4n) is 2.69. The largest absolute Gasteiger partial charge is 0.379 e. The lowest BCUT2D eigenvalue weighted by Crippen LogP contribution is -2.43. The minimum Gasteiger partial charge on any atom is -0.379 e. The summed E-state index contributed by atoms with van der Waals surface area (Å²) in [6.07, 6.45) is 2.46. The van der Waals surface area contributed by atoms with E-state index >= 15 is 0 Å². The fourth-order valence-corrected chi connectivity index (χ4v) is 2.69. The number of morpholine rings is 1. The Bertz CT molecular complexity index is 348. The molecule has 2 fully saturated rings. The number of guanidine groups is 1. The first-order valence-electron chi connectivity index (χ1n) is 8.79. The van der Waals surface area contributed by atoms with E-state index in [4.69, 9.17) is 14.2 Å². The van der Waals surface area contributed by atoms with Gasteiger partial charge in [-0.25, -0.2) is 0 Å². The molecule has 0 amide bonds. The molecule has 2 rings (SSSR count). The third-order valence-corrected chi connectivity index (χ3v) is 3.99. The zero-order chi connectivity index (χ0) is 16.3. The van der Waals surface area contributed by atoms with Crippen LogP contribution in [0.15, 0.2) is 4.99 Å². The Hall–Kier alpha value is -0.890. The van der Waals surface area contributed by atoms with Gasteiger partial charge in [0.25, 0.3) is 0 Å². The van der Waals surface area contributed by atoms with Crippen LogP contribution in [-0.2, 0) is 14.2 Å². The van der Waals surface area contributed by atoms with Gasteiger partial charge in [0.1, 0.15) is 0 Å². The van der Waals surface area contributed by atoms with E-state index < -0.39 is 0 Å². The highest BCUT2D eigenvalue weighted by Crippen LogP contribution is 2.08. The molecule has 0 aliphatic carbocycles. The summed E-state index contributed by atoms with van der Waals surface area (Å²) in [7, 11) is 2.12. The normalized spacial score (nSPS) is 26.4. The van der Waals surface area contributed by atoms with Gasteiger partial charge in [0, 0.05) is 39.4 Å².